The molecule has 0 amide bonds. The summed E-state index contributed by atoms with van der Waals surface area (Å²) >= 11 is 0. The van der Waals surface area contributed by atoms with E-state index >= 15 is 0 Å². The zero-order valence-corrected chi connectivity index (χ0v) is 27.4. The predicted octanol–water partition coefficient (Wildman–Crippen LogP) is 11.9. The van der Waals surface area contributed by atoms with Gasteiger partial charge in [0.25, 0.3) is 0 Å². The SMILES string of the molecule is c1ccc(-c2nc(-c3cccc4oc5ccccc5c34)cc(-n3c4ccccc4c4ccc5c6ccccc6n(-c6ccccc6)c5c43)n2)cc1. The van der Waals surface area contributed by atoms with Gasteiger partial charge in [-0.2, -0.15) is 0 Å². The molecule has 7 aromatic carbocycles. The van der Waals surface area contributed by atoms with Gasteiger partial charge in [0.2, 0.25) is 0 Å². The first kappa shape index (κ1) is 27.9. The van der Waals surface area contributed by atoms with Crippen LogP contribution in [0.3, 0.4) is 0 Å². The van der Waals surface area contributed by atoms with Crippen LogP contribution in [0, 0.1) is 0 Å². The van der Waals surface area contributed by atoms with Crippen molar-refractivity contribution in [2.24, 2.45) is 0 Å². The van der Waals surface area contributed by atoms with Crippen LogP contribution in [0.1, 0.15) is 0 Å². The van der Waals surface area contributed by atoms with Gasteiger partial charge in [-0.05, 0) is 36.4 Å². The van der Waals surface area contributed by atoms with E-state index in [1.54, 1.807) is 0 Å². The Labute approximate surface area is 292 Å². The van der Waals surface area contributed by atoms with E-state index in [1.807, 2.05) is 42.5 Å². The number of benzene rings is 7. The number of hydrogen-bond acceptors (Lipinski definition) is 3. The molecule has 5 heteroatoms. The first-order chi connectivity index (χ1) is 25.3. The van der Waals surface area contributed by atoms with Crippen molar-refractivity contribution in [3.63, 3.8) is 0 Å². The molecule has 0 spiro atoms. The van der Waals surface area contributed by atoms with Gasteiger partial charge in [-0.3, -0.25) is 4.57 Å². The first-order valence-corrected chi connectivity index (χ1v) is 17.2. The van der Waals surface area contributed by atoms with Crippen LogP contribution in [0.2, 0.25) is 0 Å². The Morgan fingerprint density at radius 3 is 1.76 bits per heavy atom. The quantitative estimate of drug-likeness (QED) is 0.190. The maximum absolute atomic E-state index is 6.33. The van der Waals surface area contributed by atoms with Gasteiger partial charge in [0, 0.05) is 55.2 Å². The lowest BCUT2D eigenvalue weighted by Crippen LogP contribution is -2.04. The zero-order chi connectivity index (χ0) is 33.5. The highest BCUT2D eigenvalue weighted by Gasteiger charge is 2.23. The van der Waals surface area contributed by atoms with Crippen LogP contribution < -0.4 is 0 Å². The van der Waals surface area contributed by atoms with Crippen LogP contribution in [0.5, 0.6) is 0 Å². The summed E-state index contributed by atoms with van der Waals surface area (Å²) in [6.07, 6.45) is 0. The highest BCUT2D eigenvalue weighted by atomic mass is 16.3. The number of para-hydroxylation sites is 4. The van der Waals surface area contributed by atoms with Gasteiger partial charge in [-0.15, -0.1) is 0 Å². The third kappa shape index (κ3) is 4.09. The second kappa shape index (κ2) is 10.8. The number of aromatic nitrogens is 4. The van der Waals surface area contributed by atoms with E-state index < -0.39 is 0 Å². The van der Waals surface area contributed by atoms with Crippen molar-refractivity contribution in [3.05, 3.63) is 170 Å². The lowest BCUT2D eigenvalue weighted by Gasteiger charge is -2.14. The van der Waals surface area contributed by atoms with Crippen molar-refractivity contribution in [3.8, 4) is 34.2 Å². The number of fused-ring (bicyclic) bond motifs is 10. The van der Waals surface area contributed by atoms with Gasteiger partial charge in [0.1, 0.15) is 17.0 Å². The van der Waals surface area contributed by atoms with Crippen LogP contribution in [0.25, 0.3) is 99.7 Å². The Balaban J connectivity index is 1.31. The second-order valence-electron chi connectivity index (χ2n) is 13.0. The molecule has 4 aromatic heterocycles. The van der Waals surface area contributed by atoms with Crippen molar-refractivity contribution >= 4 is 65.6 Å². The maximum Gasteiger partial charge on any atom is 0.162 e. The summed E-state index contributed by atoms with van der Waals surface area (Å²) in [4.78, 5) is 10.7. The van der Waals surface area contributed by atoms with E-state index in [9.17, 15) is 0 Å². The molecule has 0 fully saturated rings. The smallest absolute Gasteiger partial charge is 0.162 e. The average Bonchev–Trinajstić information content (AvgIpc) is 3.86. The first-order valence-electron chi connectivity index (χ1n) is 17.2. The molecule has 0 radical (unpaired) electrons. The topological polar surface area (TPSA) is 48.8 Å². The molecule has 0 unspecified atom stereocenters. The van der Waals surface area contributed by atoms with Crippen LogP contribution in [0.4, 0.5) is 0 Å². The molecule has 0 saturated heterocycles. The third-order valence-electron chi connectivity index (χ3n) is 10.1. The molecule has 0 N–H and O–H groups in total. The summed E-state index contributed by atoms with van der Waals surface area (Å²) in [6.45, 7) is 0. The van der Waals surface area contributed by atoms with E-state index in [2.05, 4.69) is 137 Å². The minimum atomic E-state index is 0.662. The minimum Gasteiger partial charge on any atom is -0.456 e. The van der Waals surface area contributed by atoms with Crippen LogP contribution in [0.15, 0.2) is 174 Å². The molecule has 0 saturated carbocycles. The summed E-state index contributed by atoms with van der Waals surface area (Å²) in [7, 11) is 0. The fourth-order valence-electron chi connectivity index (χ4n) is 7.98. The van der Waals surface area contributed by atoms with Crippen LogP contribution >= 0.6 is 0 Å². The summed E-state index contributed by atoms with van der Waals surface area (Å²) in [6, 6.07) is 59.4. The lowest BCUT2D eigenvalue weighted by atomic mass is 10.0. The second-order valence-corrected chi connectivity index (χ2v) is 13.0. The summed E-state index contributed by atoms with van der Waals surface area (Å²) < 4.78 is 11.1. The van der Waals surface area contributed by atoms with Gasteiger partial charge in [0.05, 0.1) is 27.8 Å². The standard InChI is InChI=1S/C46H28N4O/c1-3-14-29(15-4-1)46-47-37(35-21-13-25-41-43(35)36-20-9-12-24-40(36)51-41)28-42(48-46)50-39-23-11-8-19-32(39)34-27-26-33-31-18-7-10-22-38(31)49(44(33)45(34)50)30-16-5-2-6-17-30/h1-28H. The lowest BCUT2D eigenvalue weighted by molar-refractivity contribution is 0.669. The summed E-state index contributed by atoms with van der Waals surface area (Å²) in [5.41, 5.74) is 10.1. The average molecular weight is 653 g/mol. The van der Waals surface area contributed by atoms with Gasteiger partial charge in [-0.25, -0.2) is 9.97 Å². The molecule has 238 valence electrons. The summed E-state index contributed by atoms with van der Waals surface area (Å²) in [5.74, 6) is 1.46. The molecule has 51 heavy (non-hydrogen) atoms. The van der Waals surface area contributed by atoms with Crippen molar-refractivity contribution in [1.29, 1.82) is 0 Å². The molecule has 0 bridgehead atoms. The van der Waals surface area contributed by atoms with Crippen LogP contribution in [-0.2, 0) is 0 Å². The Morgan fingerprint density at radius 1 is 0.431 bits per heavy atom. The van der Waals surface area contributed by atoms with Crippen molar-refractivity contribution < 1.29 is 4.42 Å². The molecular weight excluding hydrogens is 625 g/mol. The van der Waals surface area contributed by atoms with E-state index in [1.165, 1.54) is 21.5 Å². The Bertz CT molecular complexity index is 3130. The minimum absolute atomic E-state index is 0.662. The highest BCUT2D eigenvalue weighted by Crippen LogP contribution is 2.43. The Morgan fingerprint density at radius 2 is 1.02 bits per heavy atom. The Kier molecular flexibility index (Phi) is 5.89. The molecule has 4 heterocycles. The normalized spacial score (nSPS) is 11.9. The van der Waals surface area contributed by atoms with Gasteiger partial charge in [0.15, 0.2) is 5.82 Å². The van der Waals surface area contributed by atoms with Crippen molar-refractivity contribution in [2.75, 3.05) is 0 Å². The molecule has 0 atom stereocenters. The molecule has 5 nitrogen and oxygen atoms in total. The van der Waals surface area contributed by atoms with E-state index in [0.717, 1.165) is 72.3 Å². The highest BCUT2D eigenvalue weighted by molar-refractivity contribution is 6.24. The van der Waals surface area contributed by atoms with E-state index in [-0.39, 0.29) is 0 Å². The number of hydrogen-bond donors (Lipinski definition) is 0. The van der Waals surface area contributed by atoms with Gasteiger partial charge < -0.3 is 8.98 Å². The molecule has 11 aromatic rings. The Hall–Kier alpha value is -6.98. The largest absolute Gasteiger partial charge is 0.456 e. The zero-order valence-electron chi connectivity index (χ0n) is 27.4. The fraction of sp³-hybridized carbons (Fsp3) is 0. The van der Waals surface area contributed by atoms with Gasteiger partial charge in [-0.1, -0.05) is 127 Å². The summed E-state index contributed by atoms with van der Waals surface area (Å²) in [5, 5.41) is 6.85. The van der Waals surface area contributed by atoms with Crippen molar-refractivity contribution in [2.45, 2.75) is 0 Å². The van der Waals surface area contributed by atoms with E-state index in [0.29, 0.717) is 5.82 Å². The third-order valence-corrected chi connectivity index (χ3v) is 10.1. The molecule has 0 aliphatic carbocycles. The fourth-order valence-corrected chi connectivity index (χ4v) is 7.98. The van der Waals surface area contributed by atoms with Gasteiger partial charge >= 0.3 is 0 Å². The number of nitrogens with zero attached hydrogens (tertiary/aromatic N) is 4. The van der Waals surface area contributed by atoms with E-state index in [4.69, 9.17) is 14.4 Å². The molecule has 0 aliphatic rings. The number of rotatable bonds is 4. The molecule has 0 aliphatic heterocycles. The number of furan rings is 1. The predicted molar refractivity (Wildman–Crippen MR) is 209 cm³/mol. The molecule has 11 rings (SSSR count). The maximum atomic E-state index is 6.33. The monoisotopic (exact) mass is 652 g/mol. The molecular formula is C46H28N4O. The van der Waals surface area contributed by atoms with Crippen molar-refractivity contribution in [1.82, 2.24) is 19.1 Å². The van der Waals surface area contributed by atoms with Crippen LogP contribution in [-0.4, -0.2) is 19.1 Å².